The van der Waals surface area contributed by atoms with Crippen LogP contribution in [0.3, 0.4) is 0 Å². The Morgan fingerprint density at radius 2 is 2.00 bits per heavy atom. The molecule has 0 spiro atoms. The first-order valence-corrected chi connectivity index (χ1v) is 6.27. The van der Waals surface area contributed by atoms with E-state index < -0.39 is 0 Å². The van der Waals surface area contributed by atoms with Crippen molar-refractivity contribution in [3.63, 3.8) is 0 Å². The highest BCUT2D eigenvalue weighted by atomic mass is 19.1. The highest BCUT2D eigenvalue weighted by molar-refractivity contribution is 5.34. The molecule has 0 N–H and O–H groups in total. The Kier molecular flexibility index (Phi) is 3.90. The quantitative estimate of drug-likeness (QED) is 0.736. The van der Waals surface area contributed by atoms with Crippen molar-refractivity contribution in [1.29, 1.82) is 0 Å². The summed E-state index contributed by atoms with van der Waals surface area (Å²) in [6, 6.07) is 4.49. The smallest absolute Gasteiger partial charge is 0.130 e. The van der Waals surface area contributed by atoms with Gasteiger partial charge in [-0.25, -0.2) is 4.39 Å². The molecule has 1 aliphatic rings. The first kappa shape index (κ1) is 12.9. The number of ether oxygens (including phenoxy) is 2. The van der Waals surface area contributed by atoms with Gasteiger partial charge in [-0.05, 0) is 31.3 Å². The molecular formula is C15H19FO2. The van der Waals surface area contributed by atoms with Crippen LogP contribution in [-0.2, 0) is 0 Å². The van der Waals surface area contributed by atoms with Crippen LogP contribution < -0.4 is 9.47 Å². The Bertz CT molecular complexity index is 436. The van der Waals surface area contributed by atoms with E-state index >= 15 is 0 Å². The summed E-state index contributed by atoms with van der Waals surface area (Å²) in [5.74, 6) is 1.41. The summed E-state index contributed by atoms with van der Waals surface area (Å²) in [4.78, 5) is 0. The van der Waals surface area contributed by atoms with Crippen LogP contribution in [0.15, 0.2) is 30.4 Å². The van der Waals surface area contributed by atoms with Gasteiger partial charge in [0, 0.05) is 18.2 Å². The molecule has 1 saturated carbocycles. The Morgan fingerprint density at radius 3 is 2.61 bits per heavy atom. The molecule has 18 heavy (non-hydrogen) atoms. The predicted octanol–water partition coefficient (Wildman–Crippen LogP) is 3.96. The lowest BCUT2D eigenvalue weighted by Crippen LogP contribution is -2.31. The molecule has 3 heteroatoms. The van der Waals surface area contributed by atoms with Crippen LogP contribution in [0.5, 0.6) is 11.5 Å². The molecule has 0 bridgehead atoms. The van der Waals surface area contributed by atoms with Gasteiger partial charge in [-0.2, -0.15) is 0 Å². The van der Waals surface area contributed by atoms with E-state index in [9.17, 15) is 4.39 Å². The van der Waals surface area contributed by atoms with Crippen LogP contribution in [0.4, 0.5) is 4.39 Å². The highest BCUT2D eigenvalue weighted by Crippen LogP contribution is 2.32. The van der Waals surface area contributed by atoms with Gasteiger partial charge in [0.1, 0.15) is 23.9 Å². The van der Waals surface area contributed by atoms with Gasteiger partial charge in [0.25, 0.3) is 0 Å². The van der Waals surface area contributed by atoms with Crippen LogP contribution in [0.1, 0.15) is 26.7 Å². The average Bonchev–Trinajstić information content (AvgIpc) is 2.23. The molecule has 1 fully saturated rings. The van der Waals surface area contributed by atoms with Crippen molar-refractivity contribution >= 4 is 0 Å². The summed E-state index contributed by atoms with van der Waals surface area (Å²) < 4.78 is 24.5. The lowest BCUT2D eigenvalue weighted by atomic mass is 9.84. The van der Waals surface area contributed by atoms with Gasteiger partial charge >= 0.3 is 0 Å². The lowest BCUT2D eigenvalue weighted by molar-refractivity contribution is 0.0733. The molecule has 0 amide bonds. The van der Waals surface area contributed by atoms with Crippen molar-refractivity contribution in [3.05, 3.63) is 36.2 Å². The van der Waals surface area contributed by atoms with Crippen molar-refractivity contribution in [3.8, 4) is 11.5 Å². The molecule has 1 aliphatic carbocycles. The van der Waals surface area contributed by atoms with Gasteiger partial charge in [0.05, 0.1) is 6.10 Å². The molecule has 0 heterocycles. The molecule has 0 aromatic heterocycles. The standard InChI is InChI=1S/C15H19FO2/c1-10(2)9-17-13-6-12(16)7-15(8-13)18-14-4-11(3)5-14/h6-8,11,14H,1,4-5,9H2,2-3H3. The van der Waals surface area contributed by atoms with E-state index in [4.69, 9.17) is 9.47 Å². The van der Waals surface area contributed by atoms with Gasteiger partial charge < -0.3 is 9.47 Å². The molecule has 1 aromatic rings. The topological polar surface area (TPSA) is 18.5 Å². The highest BCUT2D eigenvalue weighted by Gasteiger charge is 2.27. The van der Waals surface area contributed by atoms with Gasteiger partial charge in [-0.1, -0.05) is 13.5 Å². The molecule has 2 rings (SSSR count). The van der Waals surface area contributed by atoms with Crippen molar-refractivity contribution in [2.24, 2.45) is 5.92 Å². The minimum atomic E-state index is -0.336. The maximum Gasteiger partial charge on any atom is 0.130 e. The Labute approximate surface area is 107 Å². The van der Waals surface area contributed by atoms with Crippen LogP contribution in [0, 0.1) is 11.7 Å². The van der Waals surface area contributed by atoms with Gasteiger partial charge in [0.2, 0.25) is 0 Å². The largest absolute Gasteiger partial charge is 0.490 e. The van der Waals surface area contributed by atoms with E-state index in [2.05, 4.69) is 13.5 Å². The van der Waals surface area contributed by atoms with Gasteiger partial charge in [-0.3, -0.25) is 0 Å². The number of halogens is 1. The van der Waals surface area contributed by atoms with E-state index in [0.717, 1.165) is 18.4 Å². The summed E-state index contributed by atoms with van der Waals surface area (Å²) >= 11 is 0. The van der Waals surface area contributed by atoms with Crippen molar-refractivity contribution in [1.82, 2.24) is 0 Å². The van der Waals surface area contributed by atoms with E-state index in [0.29, 0.717) is 24.0 Å². The minimum absolute atomic E-state index is 0.218. The Hall–Kier alpha value is -1.51. The zero-order valence-electron chi connectivity index (χ0n) is 10.9. The van der Waals surface area contributed by atoms with E-state index in [1.807, 2.05) is 6.92 Å². The number of benzene rings is 1. The second-order valence-electron chi connectivity index (χ2n) is 5.18. The fourth-order valence-electron chi connectivity index (χ4n) is 2.01. The second-order valence-corrected chi connectivity index (χ2v) is 5.18. The van der Waals surface area contributed by atoms with E-state index in [1.54, 1.807) is 6.07 Å². The summed E-state index contributed by atoms with van der Waals surface area (Å²) in [5, 5.41) is 0. The minimum Gasteiger partial charge on any atom is -0.490 e. The molecule has 98 valence electrons. The summed E-state index contributed by atoms with van der Waals surface area (Å²) in [6.45, 7) is 8.19. The average molecular weight is 250 g/mol. The molecule has 0 unspecified atom stereocenters. The third-order valence-electron chi connectivity index (χ3n) is 2.96. The summed E-state index contributed by atoms with van der Waals surface area (Å²) in [5.41, 5.74) is 0.898. The molecule has 0 atom stereocenters. The third-order valence-corrected chi connectivity index (χ3v) is 2.96. The van der Waals surface area contributed by atoms with Crippen LogP contribution in [0.25, 0.3) is 0 Å². The van der Waals surface area contributed by atoms with Crippen molar-refractivity contribution < 1.29 is 13.9 Å². The predicted molar refractivity (Wildman–Crippen MR) is 69.5 cm³/mol. The fraction of sp³-hybridized carbons (Fsp3) is 0.467. The zero-order valence-corrected chi connectivity index (χ0v) is 10.9. The van der Waals surface area contributed by atoms with Crippen LogP contribution in [-0.4, -0.2) is 12.7 Å². The van der Waals surface area contributed by atoms with Gasteiger partial charge in [0.15, 0.2) is 0 Å². The van der Waals surface area contributed by atoms with Crippen LogP contribution in [0.2, 0.25) is 0 Å². The SMILES string of the molecule is C=C(C)COc1cc(F)cc(OC2CC(C)C2)c1. The normalized spacial score (nSPS) is 22.2. The third kappa shape index (κ3) is 3.49. The van der Waals surface area contributed by atoms with Crippen LogP contribution >= 0.6 is 0 Å². The molecular weight excluding hydrogens is 231 g/mol. The Balaban J connectivity index is 1.99. The molecule has 0 saturated heterocycles. The maximum atomic E-state index is 13.4. The summed E-state index contributed by atoms with van der Waals surface area (Å²) in [7, 11) is 0. The van der Waals surface area contributed by atoms with Gasteiger partial charge in [-0.15, -0.1) is 0 Å². The van der Waals surface area contributed by atoms with E-state index in [-0.39, 0.29) is 11.9 Å². The van der Waals surface area contributed by atoms with Crippen molar-refractivity contribution in [2.75, 3.05) is 6.61 Å². The molecule has 2 nitrogen and oxygen atoms in total. The second kappa shape index (κ2) is 5.42. The summed E-state index contributed by atoms with van der Waals surface area (Å²) in [6.07, 6.45) is 2.30. The fourth-order valence-corrected chi connectivity index (χ4v) is 2.01. The monoisotopic (exact) mass is 250 g/mol. The molecule has 1 aromatic carbocycles. The first-order chi connectivity index (χ1) is 8.52. The van der Waals surface area contributed by atoms with Crippen molar-refractivity contribution in [2.45, 2.75) is 32.8 Å². The maximum absolute atomic E-state index is 13.4. The zero-order chi connectivity index (χ0) is 13.1. The number of rotatable bonds is 5. The number of hydrogen-bond donors (Lipinski definition) is 0. The Morgan fingerprint density at radius 1 is 1.33 bits per heavy atom. The molecule has 0 aliphatic heterocycles. The number of hydrogen-bond acceptors (Lipinski definition) is 2. The van der Waals surface area contributed by atoms with E-state index in [1.165, 1.54) is 12.1 Å². The lowest BCUT2D eigenvalue weighted by Gasteiger charge is -2.32. The molecule has 0 radical (unpaired) electrons. The first-order valence-electron chi connectivity index (χ1n) is 6.27.